The van der Waals surface area contributed by atoms with Crippen LogP contribution < -0.4 is 4.90 Å². The van der Waals surface area contributed by atoms with Crippen molar-refractivity contribution in [2.45, 2.75) is 19.8 Å². The smallest absolute Gasteiger partial charge is 0.222 e. The molecule has 106 valence electrons. The van der Waals surface area contributed by atoms with Gasteiger partial charge in [0.25, 0.3) is 0 Å². The maximum absolute atomic E-state index is 11.9. The molecule has 20 heavy (non-hydrogen) atoms. The minimum atomic E-state index is 0.270. The van der Waals surface area contributed by atoms with E-state index in [2.05, 4.69) is 15.0 Å². The van der Waals surface area contributed by atoms with Crippen molar-refractivity contribution >= 4 is 17.4 Å². The minimum Gasteiger partial charge on any atom is -0.353 e. The molecule has 0 N–H and O–H groups in total. The summed E-state index contributed by atoms with van der Waals surface area (Å²) in [6.07, 6.45) is 5.13. The number of hydrogen-bond donors (Lipinski definition) is 0. The Balaban J connectivity index is 1.72. The fourth-order valence-electron chi connectivity index (χ4n) is 2.62. The van der Waals surface area contributed by atoms with Crippen LogP contribution in [0.4, 0.5) is 5.82 Å². The number of hydrogen-bond acceptors (Lipinski definition) is 4. The van der Waals surface area contributed by atoms with Gasteiger partial charge in [-0.15, -0.1) is 0 Å². The Hall–Kier alpha value is -2.11. The topological polar surface area (TPSA) is 53.7 Å². The molecule has 1 fully saturated rings. The fraction of sp³-hybridized carbons (Fsp3) is 0.500. The summed E-state index contributed by atoms with van der Waals surface area (Å²) in [6.45, 7) is 5.29. The van der Waals surface area contributed by atoms with E-state index in [0.717, 1.165) is 44.1 Å². The molecule has 0 unspecified atom stereocenters. The molecule has 2 aromatic rings. The first-order valence-electron chi connectivity index (χ1n) is 7.11. The van der Waals surface area contributed by atoms with E-state index in [9.17, 15) is 4.79 Å². The molecule has 1 amide bonds. The number of amides is 1. The molecule has 6 heteroatoms. The zero-order chi connectivity index (χ0) is 13.9. The molecule has 3 heterocycles. The fourth-order valence-corrected chi connectivity index (χ4v) is 2.62. The van der Waals surface area contributed by atoms with Crippen LogP contribution in [0.25, 0.3) is 5.65 Å². The van der Waals surface area contributed by atoms with E-state index >= 15 is 0 Å². The Morgan fingerprint density at radius 1 is 1.20 bits per heavy atom. The zero-order valence-electron chi connectivity index (χ0n) is 11.7. The number of anilines is 1. The van der Waals surface area contributed by atoms with Gasteiger partial charge in [-0.3, -0.25) is 4.79 Å². The van der Waals surface area contributed by atoms with Gasteiger partial charge in [0, 0.05) is 44.9 Å². The molecule has 2 aromatic heterocycles. The van der Waals surface area contributed by atoms with Crippen molar-refractivity contribution < 1.29 is 4.79 Å². The first kappa shape index (κ1) is 12.9. The van der Waals surface area contributed by atoms with Crippen molar-refractivity contribution in [3.63, 3.8) is 0 Å². The average molecular weight is 273 g/mol. The van der Waals surface area contributed by atoms with Crippen LogP contribution in [0.1, 0.15) is 19.8 Å². The second kappa shape index (κ2) is 5.48. The van der Waals surface area contributed by atoms with Crippen LogP contribution in [-0.2, 0) is 4.79 Å². The third-order valence-electron chi connectivity index (χ3n) is 3.69. The molecule has 0 spiro atoms. The number of carbonyl (C=O) groups is 1. The van der Waals surface area contributed by atoms with E-state index in [-0.39, 0.29) is 5.91 Å². The van der Waals surface area contributed by atoms with E-state index < -0.39 is 0 Å². The van der Waals surface area contributed by atoms with E-state index in [0.29, 0.717) is 6.42 Å². The number of fused-ring (bicyclic) bond motifs is 1. The molecule has 0 radical (unpaired) electrons. The Kier molecular flexibility index (Phi) is 3.54. The summed E-state index contributed by atoms with van der Waals surface area (Å²) in [4.78, 5) is 20.4. The van der Waals surface area contributed by atoms with Gasteiger partial charge in [-0.2, -0.15) is 9.61 Å². The van der Waals surface area contributed by atoms with Crippen molar-refractivity contribution in [3.05, 3.63) is 24.5 Å². The lowest BCUT2D eigenvalue weighted by Crippen LogP contribution is -2.49. The minimum absolute atomic E-state index is 0.270. The van der Waals surface area contributed by atoms with Crippen LogP contribution in [-0.4, -0.2) is 51.6 Å². The lowest BCUT2D eigenvalue weighted by molar-refractivity contribution is -0.131. The number of piperazine rings is 1. The average Bonchev–Trinajstić information content (AvgIpc) is 2.96. The van der Waals surface area contributed by atoms with Gasteiger partial charge in [-0.05, 0) is 12.5 Å². The summed E-state index contributed by atoms with van der Waals surface area (Å²) in [5.41, 5.74) is 0.854. The van der Waals surface area contributed by atoms with E-state index in [4.69, 9.17) is 0 Å². The highest BCUT2D eigenvalue weighted by Gasteiger charge is 2.22. The summed E-state index contributed by atoms with van der Waals surface area (Å²) in [6, 6.07) is 3.87. The summed E-state index contributed by atoms with van der Waals surface area (Å²) >= 11 is 0. The summed E-state index contributed by atoms with van der Waals surface area (Å²) in [5, 5.41) is 4.31. The Morgan fingerprint density at radius 2 is 2.00 bits per heavy atom. The molecular weight excluding hydrogens is 254 g/mol. The van der Waals surface area contributed by atoms with Gasteiger partial charge in [0.05, 0.1) is 6.20 Å². The Morgan fingerprint density at radius 3 is 2.75 bits per heavy atom. The SMILES string of the molecule is CCCC(=O)N1CCN(c2ccnc3ccnn23)CC1. The molecule has 0 aliphatic carbocycles. The second-order valence-corrected chi connectivity index (χ2v) is 5.02. The normalized spacial score (nSPS) is 15.8. The van der Waals surface area contributed by atoms with Gasteiger partial charge < -0.3 is 9.80 Å². The first-order chi connectivity index (χ1) is 9.79. The van der Waals surface area contributed by atoms with Crippen molar-refractivity contribution in [1.82, 2.24) is 19.5 Å². The van der Waals surface area contributed by atoms with Crippen LogP contribution in [0.15, 0.2) is 24.5 Å². The predicted molar refractivity (Wildman–Crippen MR) is 76.7 cm³/mol. The summed E-state index contributed by atoms with van der Waals surface area (Å²) in [5.74, 6) is 1.31. The molecule has 0 saturated carbocycles. The van der Waals surface area contributed by atoms with Gasteiger partial charge in [0.2, 0.25) is 5.91 Å². The summed E-state index contributed by atoms with van der Waals surface area (Å²) < 4.78 is 1.85. The van der Waals surface area contributed by atoms with Crippen LogP contribution in [0.5, 0.6) is 0 Å². The van der Waals surface area contributed by atoms with Crippen molar-refractivity contribution in [1.29, 1.82) is 0 Å². The number of carbonyl (C=O) groups excluding carboxylic acids is 1. The molecule has 1 aliphatic heterocycles. The Labute approximate surface area is 118 Å². The lowest BCUT2D eigenvalue weighted by Gasteiger charge is -2.36. The van der Waals surface area contributed by atoms with Gasteiger partial charge in [-0.25, -0.2) is 4.98 Å². The number of rotatable bonds is 3. The zero-order valence-corrected chi connectivity index (χ0v) is 11.7. The predicted octanol–water partition coefficient (Wildman–Crippen LogP) is 1.18. The second-order valence-electron chi connectivity index (χ2n) is 5.02. The van der Waals surface area contributed by atoms with E-state index in [1.807, 2.05) is 28.5 Å². The monoisotopic (exact) mass is 273 g/mol. The molecule has 0 bridgehead atoms. The van der Waals surface area contributed by atoms with E-state index in [1.54, 1.807) is 12.4 Å². The molecule has 0 aromatic carbocycles. The maximum atomic E-state index is 11.9. The first-order valence-corrected chi connectivity index (χ1v) is 7.11. The third-order valence-corrected chi connectivity index (χ3v) is 3.69. The summed E-state index contributed by atoms with van der Waals surface area (Å²) in [7, 11) is 0. The van der Waals surface area contributed by atoms with Crippen LogP contribution in [0, 0.1) is 0 Å². The molecule has 1 aliphatic rings. The van der Waals surface area contributed by atoms with Crippen molar-refractivity contribution in [2.75, 3.05) is 31.1 Å². The highest BCUT2D eigenvalue weighted by atomic mass is 16.2. The molecule has 3 rings (SSSR count). The quantitative estimate of drug-likeness (QED) is 0.842. The van der Waals surface area contributed by atoms with Gasteiger partial charge >= 0.3 is 0 Å². The third kappa shape index (κ3) is 2.33. The van der Waals surface area contributed by atoms with Gasteiger partial charge in [-0.1, -0.05) is 6.92 Å². The van der Waals surface area contributed by atoms with Crippen LogP contribution >= 0.6 is 0 Å². The highest BCUT2D eigenvalue weighted by molar-refractivity contribution is 5.76. The van der Waals surface area contributed by atoms with Gasteiger partial charge in [0.1, 0.15) is 5.82 Å². The molecular formula is C14H19N5O. The van der Waals surface area contributed by atoms with Crippen LogP contribution in [0.2, 0.25) is 0 Å². The standard InChI is InChI=1S/C14H19N5O/c1-2-3-14(20)18-10-8-17(9-11-18)13-5-6-15-12-4-7-16-19(12)13/h4-7H,2-3,8-11H2,1H3. The van der Waals surface area contributed by atoms with Crippen LogP contribution in [0.3, 0.4) is 0 Å². The molecule has 6 nitrogen and oxygen atoms in total. The number of aromatic nitrogens is 3. The largest absolute Gasteiger partial charge is 0.353 e. The van der Waals surface area contributed by atoms with Crippen molar-refractivity contribution in [2.24, 2.45) is 0 Å². The van der Waals surface area contributed by atoms with Gasteiger partial charge in [0.15, 0.2) is 5.65 Å². The highest BCUT2D eigenvalue weighted by Crippen LogP contribution is 2.17. The molecule has 1 saturated heterocycles. The van der Waals surface area contributed by atoms with E-state index in [1.165, 1.54) is 0 Å². The number of nitrogens with zero attached hydrogens (tertiary/aromatic N) is 5. The Bertz CT molecular complexity index is 600. The molecule has 0 atom stereocenters. The van der Waals surface area contributed by atoms with Crippen molar-refractivity contribution in [3.8, 4) is 0 Å². The lowest BCUT2D eigenvalue weighted by atomic mass is 10.2. The maximum Gasteiger partial charge on any atom is 0.222 e.